The Hall–Kier alpha value is -6.98. The van der Waals surface area contributed by atoms with E-state index in [1.54, 1.807) is 0 Å². The molecule has 0 radical (unpaired) electrons. The van der Waals surface area contributed by atoms with Crippen LogP contribution in [0.1, 0.15) is 49.9 Å². The molecule has 0 bridgehead atoms. The Morgan fingerprint density at radius 2 is 0.797 bits per heavy atom. The minimum atomic E-state index is -0.517. The highest BCUT2D eigenvalue weighted by Crippen LogP contribution is 2.56. The average Bonchev–Trinajstić information content (AvgIpc) is 3.27. The molecule has 282 valence electrons. The topological polar surface area (TPSA) is 24.9 Å². The second-order valence-electron chi connectivity index (χ2n) is 17.3. The van der Waals surface area contributed by atoms with Crippen molar-refractivity contribution in [1.82, 2.24) is 0 Å². The van der Waals surface area contributed by atoms with Gasteiger partial charge in [-0.15, -0.1) is 0 Å². The predicted molar refractivity (Wildman–Crippen MR) is 243 cm³/mol. The molecule has 0 saturated heterocycles. The molecule has 0 fully saturated rings. The van der Waals surface area contributed by atoms with Gasteiger partial charge in [-0.05, 0) is 117 Å². The van der Waals surface area contributed by atoms with Crippen LogP contribution in [-0.2, 0) is 10.8 Å². The Labute approximate surface area is 346 Å². The summed E-state index contributed by atoms with van der Waals surface area (Å²) in [7, 11) is -0.517. The van der Waals surface area contributed by atoms with Gasteiger partial charge in [-0.1, -0.05) is 131 Å². The van der Waals surface area contributed by atoms with Crippen LogP contribution >= 0.6 is 0 Å². The quantitative estimate of drug-likeness (QED) is 0.167. The first-order chi connectivity index (χ1) is 28.8. The fraction of sp³-hybridized carbons (Fsp3) is 0.111. The van der Waals surface area contributed by atoms with Crippen molar-refractivity contribution >= 4 is 46.7 Å². The van der Waals surface area contributed by atoms with Crippen LogP contribution in [0, 0.1) is 0 Å². The molecule has 8 aromatic rings. The number of hydrogen-bond acceptors (Lipinski definition) is 4. The fourth-order valence-electron chi connectivity index (χ4n) is 10.3. The average molecular weight is 761 g/mol. The van der Waals surface area contributed by atoms with Crippen molar-refractivity contribution in [2.24, 2.45) is 0 Å². The third kappa shape index (κ3) is 4.85. The number of para-hydroxylation sites is 5. The first-order valence-electron chi connectivity index (χ1n) is 20.6. The second-order valence-corrected chi connectivity index (χ2v) is 17.3. The van der Waals surface area contributed by atoms with Gasteiger partial charge in [0.25, 0.3) is 0 Å². The summed E-state index contributed by atoms with van der Waals surface area (Å²) in [5.41, 5.74) is 19.8. The molecule has 0 aromatic heterocycles. The van der Waals surface area contributed by atoms with Crippen molar-refractivity contribution in [3.8, 4) is 44.9 Å². The van der Waals surface area contributed by atoms with Gasteiger partial charge in [0.1, 0.15) is 11.5 Å². The maximum Gasteiger partial charge on any atom is 0.633 e. The van der Waals surface area contributed by atoms with Crippen molar-refractivity contribution in [3.05, 3.63) is 198 Å². The Balaban J connectivity index is 1.04. The van der Waals surface area contributed by atoms with Crippen molar-refractivity contribution in [2.75, 3.05) is 9.80 Å². The van der Waals surface area contributed by atoms with Crippen LogP contribution in [0.5, 0.6) is 11.5 Å². The summed E-state index contributed by atoms with van der Waals surface area (Å²) in [4.78, 5) is 4.90. The molecule has 5 heteroatoms. The molecular formula is C54H41BN2O2. The lowest BCUT2D eigenvalue weighted by Gasteiger charge is -2.43. The number of benzene rings is 8. The molecule has 0 aliphatic carbocycles. The van der Waals surface area contributed by atoms with Gasteiger partial charge in [-0.25, -0.2) is 0 Å². The molecule has 8 aromatic carbocycles. The van der Waals surface area contributed by atoms with E-state index in [-0.39, 0.29) is 10.8 Å². The monoisotopic (exact) mass is 760 g/mol. The third-order valence-electron chi connectivity index (χ3n) is 13.3. The van der Waals surface area contributed by atoms with Crippen LogP contribution in [0.15, 0.2) is 176 Å². The Morgan fingerprint density at radius 1 is 0.373 bits per heavy atom. The summed E-state index contributed by atoms with van der Waals surface area (Å²) in [6.45, 7) is 9.48. The lowest BCUT2D eigenvalue weighted by Crippen LogP contribution is -2.49. The molecule has 59 heavy (non-hydrogen) atoms. The fourth-order valence-corrected chi connectivity index (χ4v) is 10.3. The number of anilines is 6. The summed E-state index contributed by atoms with van der Waals surface area (Å²) >= 11 is 0. The number of nitrogens with zero attached hydrogens (tertiary/aromatic N) is 2. The van der Waals surface area contributed by atoms with E-state index in [4.69, 9.17) is 9.31 Å². The van der Waals surface area contributed by atoms with E-state index >= 15 is 0 Å². The molecule has 0 amide bonds. The Morgan fingerprint density at radius 3 is 1.32 bits per heavy atom. The Kier molecular flexibility index (Phi) is 7.09. The minimum Gasteiger partial charge on any atom is -0.521 e. The van der Waals surface area contributed by atoms with E-state index in [9.17, 15) is 0 Å². The smallest absolute Gasteiger partial charge is 0.521 e. The molecule has 4 nitrogen and oxygen atoms in total. The van der Waals surface area contributed by atoms with E-state index in [1.165, 1.54) is 56.1 Å². The van der Waals surface area contributed by atoms with Gasteiger partial charge in [-0.3, -0.25) is 0 Å². The minimum absolute atomic E-state index is 0.199. The van der Waals surface area contributed by atoms with Crippen LogP contribution in [0.25, 0.3) is 33.4 Å². The third-order valence-corrected chi connectivity index (χ3v) is 13.3. The van der Waals surface area contributed by atoms with Gasteiger partial charge in [-0.2, -0.15) is 0 Å². The first-order valence-corrected chi connectivity index (χ1v) is 20.6. The van der Waals surface area contributed by atoms with Crippen molar-refractivity contribution in [3.63, 3.8) is 0 Å². The number of rotatable bonds is 3. The molecule has 0 atom stereocenters. The van der Waals surface area contributed by atoms with Crippen LogP contribution in [0.2, 0.25) is 0 Å². The maximum absolute atomic E-state index is 6.53. The van der Waals surface area contributed by atoms with Crippen molar-refractivity contribution in [2.45, 2.75) is 38.5 Å². The van der Waals surface area contributed by atoms with Gasteiger partial charge >= 0.3 is 7.12 Å². The lowest BCUT2D eigenvalue weighted by molar-refractivity contribution is 0.436. The van der Waals surface area contributed by atoms with Crippen LogP contribution in [0.4, 0.5) is 34.1 Å². The van der Waals surface area contributed by atoms with E-state index < -0.39 is 7.12 Å². The molecule has 4 aliphatic heterocycles. The normalized spacial score (nSPS) is 15.6. The molecule has 0 unspecified atom stereocenters. The maximum atomic E-state index is 6.53. The molecule has 12 rings (SSSR count). The summed E-state index contributed by atoms with van der Waals surface area (Å²) < 4.78 is 13.1. The predicted octanol–water partition coefficient (Wildman–Crippen LogP) is 13.4. The van der Waals surface area contributed by atoms with Gasteiger partial charge in [0.15, 0.2) is 0 Å². The van der Waals surface area contributed by atoms with E-state index in [1.807, 2.05) is 24.3 Å². The lowest BCUT2D eigenvalue weighted by atomic mass is 9.66. The van der Waals surface area contributed by atoms with Crippen LogP contribution < -0.4 is 24.6 Å². The standard InChI is InChI=1S/C54H41BN2O2/c1-53(2)42-20-10-12-22-46(42)56(36-16-6-5-7-17-36)48-28-26-34(30-44(48)53)35-27-29-49-45(31-35)54(3,4)43-21-11-13-23-47(43)57(49)37-32-40-38-18-8-14-24-50(38)58-55-52(40)41(33-37)39-19-9-15-25-51(39)59-55/h5-33H,1-4H3. The van der Waals surface area contributed by atoms with Gasteiger partial charge in [0.05, 0.1) is 22.7 Å². The van der Waals surface area contributed by atoms with Crippen LogP contribution in [0.3, 0.4) is 0 Å². The van der Waals surface area contributed by atoms with Gasteiger partial charge < -0.3 is 19.1 Å². The zero-order chi connectivity index (χ0) is 39.6. The molecular weight excluding hydrogens is 719 g/mol. The van der Waals surface area contributed by atoms with Gasteiger partial charge in [0, 0.05) is 38.8 Å². The van der Waals surface area contributed by atoms with E-state index in [2.05, 4.69) is 189 Å². The highest BCUT2D eigenvalue weighted by atomic mass is 16.6. The highest BCUT2D eigenvalue weighted by Gasteiger charge is 2.44. The van der Waals surface area contributed by atoms with E-state index in [0.29, 0.717) is 0 Å². The summed E-state index contributed by atoms with van der Waals surface area (Å²) in [6.07, 6.45) is 0. The van der Waals surface area contributed by atoms with Crippen molar-refractivity contribution in [1.29, 1.82) is 0 Å². The summed E-state index contributed by atoms with van der Waals surface area (Å²) in [5.74, 6) is 1.67. The largest absolute Gasteiger partial charge is 0.633 e. The van der Waals surface area contributed by atoms with E-state index in [0.717, 1.165) is 50.6 Å². The molecule has 4 aliphatic rings. The van der Waals surface area contributed by atoms with Gasteiger partial charge in [0.2, 0.25) is 0 Å². The molecule has 0 spiro atoms. The molecule has 0 saturated carbocycles. The second kappa shape index (κ2) is 12.3. The van der Waals surface area contributed by atoms with Crippen molar-refractivity contribution < 1.29 is 9.31 Å². The highest BCUT2D eigenvalue weighted by molar-refractivity contribution is 6.68. The zero-order valence-electron chi connectivity index (χ0n) is 33.5. The number of fused-ring (bicyclic) bond motifs is 8. The van der Waals surface area contributed by atoms with Crippen LogP contribution in [-0.4, -0.2) is 7.12 Å². The molecule has 0 N–H and O–H groups in total. The summed E-state index contributed by atoms with van der Waals surface area (Å²) in [6, 6.07) is 64.1. The molecule has 4 heterocycles. The summed E-state index contributed by atoms with van der Waals surface area (Å²) in [5, 5.41) is 0. The Bertz CT molecular complexity index is 2970. The first kappa shape index (κ1) is 34.1. The number of hydrogen-bond donors (Lipinski definition) is 0. The zero-order valence-corrected chi connectivity index (χ0v) is 33.5. The SMILES string of the molecule is CC1(C)c2ccccc2N(c2ccccc2)c2ccc(-c3ccc4c(c3)C(C)(C)c3ccccc3N4c3cc4c5c(c3)-c3ccccc3OB5Oc3ccccc3-4)cc21.